The van der Waals surface area contributed by atoms with Crippen LogP contribution in [-0.4, -0.2) is 40.2 Å². The van der Waals surface area contributed by atoms with Gasteiger partial charge in [-0.3, -0.25) is 4.79 Å². The maximum absolute atomic E-state index is 13.1. The Balaban J connectivity index is 2.19. The fraction of sp³-hybridized carbons (Fsp3) is 0.474. The summed E-state index contributed by atoms with van der Waals surface area (Å²) < 4.78 is 14.8. The summed E-state index contributed by atoms with van der Waals surface area (Å²) in [6, 6.07) is 6.15. The fourth-order valence-corrected chi connectivity index (χ4v) is 2.68. The summed E-state index contributed by atoms with van der Waals surface area (Å²) in [7, 11) is 1.78. The smallest absolute Gasteiger partial charge is 0.257 e. The van der Waals surface area contributed by atoms with Crippen LogP contribution in [0.25, 0.3) is 5.69 Å². The normalized spacial score (nSPS) is 12.4. The molecule has 0 saturated heterocycles. The van der Waals surface area contributed by atoms with Crippen molar-refractivity contribution in [2.24, 2.45) is 11.7 Å². The van der Waals surface area contributed by atoms with E-state index in [2.05, 4.69) is 18.9 Å². The number of carbonyl (C=O) groups excluding carboxylic acids is 1. The topological polar surface area (TPSA) is 64.2 Å². The minimum absolute atomic E-state index is 0.0684. The lowest BCUT2D eigenvalue weighted by molar-refractivity contribution is 0.0788. The van der Waals surface area contributed by atoms with Gasteiger partial charge in [0.1, 0.15) is 5.82 Å². The Morgan fingerprint density at radius 3 is 2.52 bits per heavy atom. The number of amides is 1. The molecule has 1 amide bonds. The molecule has 1 atom stereocenters. The third-order valence-corrected chi connectivity index (χ3v) is 4.51. The van der Waals surface area contributed by atoms with Gasteiger partial charge >= 0.3 is 0 Å². The minimum Gasteiger partial charge on any atom is -0.342 e. The summed E-state index contributed by atoms with van der Waals surface area (Å²) in [5.74, 6) is 0.0172. The van der Waals surface area contributed by atoms with Crippen LogP contribution in [0.3, 0.4) is 0 Å². The van der Waals surface area contributed by atoms with Gasteiger partial charge in [0.15, 0.2) is 0 Å². The van der Waals surface area contributed by atoms with Crippen LogP contribution in [0.2, 0.25) is 0 Å². The molecule has 0 aliphatic heterocycles. The third-order valence-electron chi connectivity index (χ3n) is 4.51. The van der Waals surface area contributed by atoms with E-state index in [-0.39, 0.29) is 17.8 Å². The van der Waals surface area contributed by atoms with Crippen molar-refractivity contribution in [2.75, 3.05) is 13.6 Å². The van der Waals surface area contributed by atoms with E-state index in [1.807, 2.05) is 6.92 Å². The summed E-state index contributed by atoms with van der Waals surface area (Å²) in [5, 5.41) is 4.34. The van der Waals surface area contributed by atoms with Crippen LogP contribution in [0.15, 0.2) is 30.5 Å². The Kier molecular flexibility index (Phi) is 6.31. The van der Waals surface area contributed by atoms with Crippen molar-refractivity contribution in [1.82, 2.24) is 14.7 Å². The predicted octanol–water partition coefficient (Wildman–Crippen LogP) is 3.02. The van der Waals surface area contributed by atoms with Crippen LogP contribution in [0, 0.1) is 11.7 Å². The molecule has 2 rings (SSSR count). The first-order valence-corrected chi connectivity index (χ1v) is 8.69. The molecule has 0 fully saturated rings. The zero-order valence-electron chi connectivity index (χ0n) is 15.4. The summed E-state index contributed by atoms with van der Waals surface area (Å²) in [5.41, 5.74) is 8.20. The Morgan fingerprint density at radius 1 is 1.32 bits per heavy atom. The fourth-order valence-electron chi connectivity index (χ4n) is 2.68. The highest BCUT2D eigenvalue weighted by Crippen LogP contribution is 2.18. The second-order valence-electron chi connectivity index (χ2n) is 6.67. The molecule has 1 unspecified atom stereocenters. The molecular weight excluding hydrogens is 319 g/mol. The van der Waals surface area contributed by atoms with E-state index in [4.69, 9.17) is 5.73 Å². The van der Waals surface area contributed by atoms with Crippen molar-refractivity contribution < 1.29 is 9.18 Å². The predicted molar refractivity (Wildman–Crippen MR) is 97.3 cm³/mol. The molecule has 0 radical (unpaired) electrons. The van der Waals surface area contributed by atoms with Crippen molar-refractivity contribution in [2.45, 2.75) is 39.7 Å². The van der Waals surface area contributed by atoms with Gasteiger partial charge in [-0.25, -0.2) is 9.07 Å². The number of aromatic nitrogens is 2. The average Bonchev–Trinajstić information content (AvgIpc) is 3.02. The summed E-state index contributed by atoms with van der Waals surface area (Å²) >= 11 is 0. The highest BCUT2D eigenvalue weighted by atomic mass is 19.1. The van der Waals surface area contributed by atoms with E-state index in [1.54, 1.807) is 35.0 Å². The van der Waals surface area contributed by atoms with E-state index < -0.39 is 0 Å². The monoisotopic (exact) mass is 346 g/mol. The van der Waals surface area contributed by atoms with Gasteiger partial charge in [0, 0.05) is 19.6 Å². The molecule has 0 aliphatic rings. The number of rotatable bonds is 7. The number of halogens is 1. The Bertz CT molecular complexity index is 709. The maximum atomic E-state index is 13.1. The number of hydrogen-bond acceptors (Lipinski definition) is 3. The largest absolute Gasteiger partial charge is 0.342 e. The Labute approximate surface area is 148 Å². The Morgan fingerprint density at radius 2 is 1.96 bits per heavy atom. The lowest BCUT2D eigenvalue weighted by atomic mass is 10.0. The standard InChI is InChI=1S/C19H27FN4O/c1-5-18-16(19(25)23(4)11-10-17(21)13(2)3)12-22-24(18)15-8-6-14(20)7-9-15/h6-9,12-13,17H,5,10-11,21H2,1-4H3. The number of hydrogen-bond donors (Lipinski definition) is 1. The van der Waals surface area contributed by atoms with E-state index in [0.717, 1.165) is 17.8 Å². The number of carbonyl (C=O) groups is 1. The second kappa shape index (κ2) is 8.25. The van der Waals surface area contributed by atoms with Crippen molar-refractivity contribution in [1.29, 1.82) is 0 Å². The molecule has 0 aliphatic carbocycles. The van der Waals surface area contributed by atoms with Gasteiger partial charge in [-0.05, 0) is 43.0 Å². The molecule has 1 heterocycles. The van der Waals surface area contributed by atoms with Crippen molar-refractivity contribution in [3.63, 3.8) is 0 Å². The van der Waals surface area contributed by atoms with Gasteiger partial charge < -0.3 is 10.6 Å². The van der Waals surface area contributed by atoms with Crippen LogP contribution in [0.1, 0.15) is 43.2 Å². The van der Waals surface area contributed by atoms with Gasteiger partial charge in [-0.15, -0.1) is 0 Å². The van der Waals surface area contributed by atoms with Crippen molar-refractivity contribution >= 4 is 5.91 Å². The zero-order chi connectivity index (χ0) is 18.6. The molecule has 2 N–H and O–H groups in total. The van der Waals surface area contributed by atoms with Crippen molar-refractivity contribution in [3.05, 3.63) is 47.5 Å². The molecule has 136 valence electrons. The SMILES string of the molecule is CCc1c(C(=O)N(C)CCC(N)C(C)C)cnn1-c1ccc(F)cc1. The molecule has 5 nitrogen and oxygen atoms in total. The van der Waals surface area contributed by atoms with E-state index >= 15 is 0 Å². The highest BCUT2D eigenvalue weighted by molar-refractivity contribution is 5.95. The first-order valence-electron chi connectivity index (χ1n) is 8.69. The van der Waals surface area contributed by atoms with Crippen LogP contribution in [-0.2, 0) is 6.42 Å². The van der Waals surface area contributed by atoms with Crippen LogP contribution in [0.4, 0.5) is 4.39 Å². The number of benzene rings is 1. The molecule has 25 heavy (non-hydrogen) atoms. The molecule has 1 aromatic heterocycles. The van der Waals surface area contributed by atoms with Crippen LogP contribution >= 0.6 is 0 Å². The first-order chi connectivity index (χ1) is 11.8. The lowest BCUT2D eigenvalue weighted by Gasteiger charge is -2.21. The molecule has 1 aromatic carbocycles. The van der Waals surface area contributed by atoms with E-state index in [0.29, 0.717) is 24.4 Å². The Hall–Kier alpha value is -2.21. The van der Waals surface area contributed by atoms with Crippen LogP contribution < -0.4 is 5.73 Å². The zero-order valence-corrected chi connectivity index (χ0v) is 15.4. The van der Waals surface area contributed by atoms with E-state index in [1.165, 1.54) is 12.1 Å². The number of nitrogens with two attached hydrogens (primary N) is 1. The van der Waals surface area contributed by atoms with Crippen LogP contribution in [0.5, 0.6) is 0 Å². The van der Waals surface area contributed by atoms with Crippen molar-refractivity contribution in [3.8, 4) is 5.69 Å². The summed E-state index contributed by atoms with van der Waals surface area (Å²) in [6.45, 7) is 6.73. The summed E-state index contributed by atoms with van der Waals surface area (Å²) in [6.07, 6.45) is 2.99. The highest BCUT2D eigenvalue weighted by Gasteiger charge is 2.21. The van der Waals surface area contributed by atoms with Gasteiger partial charge in [-0.1, -0.05) is 20.8 Å². The third kappa shape index (κ3) is 4.45. The molecule has 0 bridgehead atoms. The quantitative estimate of drug-likeness (QED) is 0.838. The first kappa shape index (κ1) is 19.1. The van der Waals surface area contributed by atoms with Gasteiger partial charge in [0.05, 0.1) is 23.1 Å². The van der Waals surface area contributed by atoms with E-state index in [9.17, 15) is 9.18 Å². The van der Waals surface area contributed by atoms with Gasteiger partial charge in [-0.2, -0.15) is 5.10 Å². The minimum atomic E-state index is -0.300. The average molecular weight is 346 g/mol. The molecule has 2 aromatic rings. The maximum Gasteiger partial charge on any atom is 0.257 e. The molecule has 6 heteroatoms. The molecule has 0 spiro atoms. The van der Waals surface area contributed by atoms with Gasteiger partial charge in [0.25, 0.3) is 5.91 Å². The van der Waals surface area contributed by atoms with Gasteiger partial charge in [0.2, 0.25) is 0 Å². The summed E-state index contributed by atoms with van der Waals surface area (Å²) in [4.78, 5) is 14.5. The molecular formula is C19H27FN4O. The second-order valence-corrected chi connectivity index (χ2v) is 6.67. The molecule has 0 saturated carbocycles. The number of nitrogens with zero attached hydrogens (tertiary/aromatic N) is 3. The lowest BCUT2D eigenvalue weighted by Crippen LogP contribution is -2.34.